The first-order valence-electron chi connectivity index (χ1n) is 12.8. The van der Waals surface area contributed by atoms with E-state index in [1.54, 1.807) is 13.4 Å². The van der Waals surface area contributed by atoms with E-state index in [0.717, 1.165) is 23.9 Å². The Labute approximate surface area is 202 Å². The highest BCUT2D eigenvalue weighted by atomic mass is 16.5. The van der Waals surface area contributed by atoms with Crippen molar-refractivity contribution >= 4 is 5.82 Å². The van der Waals surface area contributed by atoms with Gasteiger partial charge in [-0.3, -0.25) is 0 Å². The van der Waals surface area contributed by atoms with Crippen molar-refractivity contribution in [3.05, 3.63) is 34.7 Å². The quantitative estimate of drug-likeness (QED) is 0.474. The van der Waals surface area contributed by atoms with Gasteiger partial charge in [0, 0.05) is 37.1 Å². The SMILES string of the molecule is CC.CC.CCc1c(C2CC2)ncnc1N(C)C.COc1nc(C)nc(C2CC2)c1C(C)C. The summed E-state index contributed by atoms with van der Waals surface area (Å²) in [5, 5.41) is 0. The zero-order chi connectivity index (χ0) is 25.1. The maximum absolute atomic E-state index is 5.35. The molecule has 0 amide bonds. The van der Waals surface area contributed by atoms with Crippen molar-refractivity contribution in [1.29, 1.82) is 0 Å². The average molecular weight is 458 g/mol. The van der Waals surface area contributed by atoms with Gasteiger partial charge in [-0.1, -0.05) is 48.5 Å². The van der Waals surface area contributed by atoms with Gasteiger partial charge in [-0.2, -0.15) is 4.98 Å². The number of methoxy groups -OCH3 is 1. The molecular formula is C27H47N5O. The van der Waals surface area contributed by atoms with Gasteiger partial charge in [-0.25, -0.2) is 15.0 Å². The van der Waals surface area contributed by atoms with Crippen LogP contribution in [0.4, 0.5) is 5.82 Å². The fourth-order valence-corrected chi connectivity index (χ4v) is 3.79. The summed E-state index contributed by atoms with van der Waals surface area (Å²) in [7, 11) is 5.76. The molecule has 0 saturated heterocycles. The Morgan fingerprint density at radius 2 is 1.48 bits per heavy atom. The van der Waals surface area contributed by atoms with Crippen LogP contribution in [0.5, 0.6) is 5.88 Å². The zero-order valence-electron chi connectivity index (χ0n) is 23.0. The Morgan fingerprint density at radius 1 is 0.939 bits per heavy atom. The van der Waals surface area contributed by atoms with Crippen molar-refractivity contribution in [1.82, 2.24) is 19.9 Å². The molecule has 2 saturated carbocycles. The van der Waals surface area contributed by atoms with Crippen LogP contribution < -0.4 is 9.64 Å². The Kier molecular flexibility index (Phi) is 12.3. The minimum atomic E-state index is 0.427. The summed E-state index contributed by atoms with van der Waals surface area (Å²) < 4.78 is 5.35. The van der Waals surface area contributed by atoms with Gasteiger partial charge in [0.15, 0.2) is 0 Å². The highest BCUT2D eigenvalue weighted by Crippen LogP contribution is 2.44. The molecule has 0 atom stereocenters. The molecule has 186 valence electrons. The lowest BCUT2D eigenvalue weighted by Crippen LogP contribution is -2.15. The molecule has 2 aliphatic rings. The van der Waals surface area contributed by atoms with E-state index in [0.29, 0.717) is 17.8 Å². The monoisotopic (exact) mass is 457 g/mol. The van der Waals surface area contributed by atoms with Gasteiger partial charge >= 0.3 is 0 Å². The summed E-state index contributed by atoms with van der Waals surface area (Å²) in [6, 6.07) is 0. The topological polar surface area (TPSA) is 64.0 Å². The van der Waals surface area contributed by atoms with E-state index in [1.165, 1.54) is 48.2 Å². The highest BCUT2D eigenvalue weighted by molar-refractivity contribution is 5.49. The number of aromatic nitrogens is 4. The number of ether oxygens (including phenoxy) is 1. The number of hydrogen-bond donors (Lipinski definition) is 0. The van der Waals surface area contributed by atoms with Gasteiger partial charge < -0.3 is 9.64 Å². The molecule has 2 fully saturated rings. The minimum absolute atomic E-state index is 0.427. The second kappa shape index (κ2) is 14.1. The van der Waals surface area contributed by atoms with Gasteiger partial charge in [0.05, 0.1) is 18.5 Å². The summed E-state index contributed by atoms with van der Waals surface area (Å²) in [5.74, 6) is 4.46. The van der Waals surface area contributed by atoms with E-state index < -0.39 is 0 Å². The molecule has 2 aliphatic carbocycles. The third-order valence-electron chi connectivity index (χ3n) is 5.48. The van der Waals surface area contributed by atoms with Crippen molar-refractivity contribution in [3.8, 4) is 5.88 Å². The van der Waals surface area contributed by atoms with Crippen LogP contribution >= 0.6 is 0 Å². The molecule has 0 bridgehead atoms. The number of rotatable bonds is 6. The molecule has 0 aromatic carbocycles. The minimum Gasteiger partial charge on any atom is -0.481 e. The summed E-state index contributed by atoms with van der Waals surface area (Å²) in [4.78, 5) is 19.8. The fourth-order valence-electron chi connectivity index (χ4n) is 3.79. The van der Waals surface area contributed by atoms with Crippen LogP contribution in [0.3, 0.4) is 0 Å². The molecule has 33 heavy (non-hydrogen) atoms. The van der Waals surface area contributed by atoms with E-state index in [2.05, 4.69) is 45.6 Å². The van der Waals surface area contributed by atoms with Crippen molar-refractivity contribution < 1.29 is 4.74 Å². The van der Waals surface area contributed by atoms with Crippen molar-refractivity contribution in [2.24, 2.45) is 0 Å². The average Bonchev–Trinajstić information content (AvgIpc) is 3.74. The summed E-state index contributed by atoms with van der Waals surface area (Å²) >= 11 is 0. The first kappa shape index (κ1) is 28.8. The zero-order valence-corrected chi connectivity index (χ0v) is 23.0. The molecule has 2 aromatic heterocycles. The van der Waals surface area contributed by atoms with Crippen LogP contribution in [0.15, 0.2) is 6.33 Å². The number of anilines is 1. The molecular weight excluding hydrogens is 410 g/mol. The van der Waals surface area contributed by atoms with Crippen LogP contribution in [0, 0.1) is 6.92 Å². The lowest BCUT2D eigenvalue weighted by molar-refractivity contribution is 0.386. The van der Waals surface area contributed by atoms with E-state index in [1.807, 2.05) is 48.7 Å². The van der Waals surface area contributed by atoms with Crippen molar-refractivity contribution in [2.75, 3.05) is 26.1 Å². The van der Waals surface area contributed by atoms with E-state index >= 15 is 0 Å². The second-order valence-electron chi connectivity index (χ2n) is 8.59. The number of hydrogen-bond acceptors (Lipinski definition) is 6. The second-order valence-corrected chi connectivity index (χ2v) is 8.59. The largest absolute Gasteiger partial charge is 0.481 e. The Morgan fingerprint density at radius 3 is 1.91 bits per heavy atom. The fraction of sp³-hybridized carbons (Fsp3) is 0.704. The first-order valence-corrected chi connectivity index (χ1v) is 12.8. The number of aryl methyl sites for hydroxylation is 1. The maximum atomic E-state index is 5.35. The third-order valence-corrected chi connectivity index (χ3v) is 5.48. The lowest BCUT2D eigenvalue weighted by Gasteiger charge is -2.17. The predicted molar refractivity (Wildman–Crippen MR) is 140 cm³/mol. The standard InChI is InChI=1S/C12H18N2O.C11H17N3.2C2H6/c1-7(2)10-11(9-5-6-9)13-8(3)14-12(10)15-4;1-4-9-10(8-5-6-8)12-7-13-11(9)14(2)3;2*1-2/h7,9H,5-6H2,1-4H3;7-8H,4-6H2,1-3H3;2*1-2H3. The van der Waals surface area contributed by atoms with Crippen LogP contribution in [-0.2, 0) is 6.42 Å². The van der Waals surface area contributed by atoms with Crippen LogP contribution in [0.25, 0.3) is 0 Å². The first-order chi connectivity index (χ1) is 15.9. The van der Waals surface area contributed by atoms with Crippen LogP contribution in [0.2, 0.25) is 0 Å². The van der Waals surface area contributed by atoms with Crippen LogP contribution in [0.1, 0.15) is 120 Å². The summed E-state index contributed by atoms with van der Waals surface area (Å²) in [6.07, 6.45) is 7.86. The predicted octanol–water partition coefficient (Wildman–Crippen LogP) is 6.83. The molecule has 6 nitrogen and oxygen atoms in total. The molecule has 0 N–H and O–H groups in total. The Bertz CT molecular complexity index is 822. The smallest absolute Gasteiger partial charge is 0.220 e. The summed E-state index contributed by atoms with van der Waals surface area (Å²) in [6.45, 7) is 16.4. The Balaban J connectivity index is 0.000000288. The van der Waals surface area contributed by atoms with Gasteiger partial charge in [0.1, 0.15) is 18.0 Å². The van der Waals surface area contributed by atoms with Crippen molar-refractivity contribution in [2.45, 2.75) is 105 Å². The normalized spacial score (nSPS) is 14.2. The molecule has 0 aliphatic heterocycles. The van der Waals surface area contributed by atoms with E-state index in [9.17, 15) is 0 Å². The lowest BCUT2D eigenvalue weighted by atomic mass is 10.00. The number of nitrogens with zero attached hydrogens (tertiary/aromatic N) is 5. The third kappa shape index (κ3) is 7.94. The van der Waals surface area contributed by atoms with Gasteiger partial charge in [-0.05, 0) is 44.9 Å². The Hall–Kier alpha value is -2.24. The molecule has 0 unspecified atom stereocenters. The van der Waals surface area contributed by atoms with E-state index in [4.69, 9.17) is 4.74 Å². The van der Waals surface area contributed by atoms with Gasteiger partial charge in [0.25, 0.3) is 0 Å². The molecule has 2 heterocycles. The van der Waals surface area contributed by atoms with Crippen molar-refractivity contribution in [3.63, 3.8) is 0 Å². The maximum Gasteiger partial charge on any atom is 0.220 e. The molecule has 0 spiro atoms. The van der Waals surface area contributed by atoms with Gasteiger partial charge in [-0.15, -0.1) is 0 Å². The molecule has 6 heteroatoms. The highest BCUT2D eigenvalue weighted by Gasteiger charge is 2.31. The molecule has 4 rings (SSSR count). The summed E-state index contributed by atoms with van der Waals surface area (Å²) in [5.41, 5.74) is 5.03. The van der Waals surface area contributed by atoms with Gasteiger partial charge in [0.2, 0.25) is 5.88 Å². The molecule has 0 radical (unpaired) electrons. The van der Waals surface area contributed by atoms with E-state index in [-0.39, 0.29) is 0 Å². The molecule has 2 aromatic rings. The van der Waals surface area contributed by atoms with Crippen LogP contribution in [-0.4, -0.2) is 41.1 Å².